The van der Waals surface area contributed by atoms with Gasteiger partial charge in [0.05, 0.1) is 10.3 Å². The summed E-state index contributed by atoms with van der Waals surface area (Å²) in [5.41, 5.74) is 1.03. The van der Waals surface area contributed by atoms with Crippen molar-refractivity contribution in [3.05, 3.63) is 23.9 Å². The first-order valence-corrected chi connectivity index (χ1v) is 9.29. The van der Waals surface area contributed by atoms with E-state index >= 15 is 0 Å². The van der Waals surface area contributed by atoms with Crippen molar-refractivity contribution in [2.75, 3.05) is 6.54 Å². The Kier molecular flexibility index (Phi) is 7.09. The van der Waals surface area contributed by atoms with Gasteiger partial charge in [-0.25, -0.2) is 4.98 Å². The van der Waals surface area contributed by atoms with Gasteiger partial charge in [-0.15, -0.1) is 0 Å². The van der Waals surface area contributed by atoms with E-state index in [1.54, 1.807) is 13.1 Å². The number of nitrogens with zero attached hydrogens (tertiary/aromatic N) is 1. The number of hydrogen-bond donors (Lipinski definition) is 1. The number of hydrogen-bond acceptors (Lipinski definition) is 4. The van der Waals surface area contributed by atoms with E-state index in [0.29, 0.717) is 5.92 Å². The number of aryl methyl sites for hydroxylation is 1. The lowest BCUT2D eigenvalue weighted by molar-refractivity contribution is -0.124. The topological polar surface area (TPSA) is 59.1 Å². The van der Waals surface area contributed by atoms with Crippen molar-refractivity contribution in [2.45, 2.75) is 62.6 Å². The average molecular weight is 334 g/mol. The largest absolute Gasteiger partial charge is 0.356 e. The van der Waals surface area contributed by atoms with Crippen molar-refractivity contribution in [1.29, 1.82) is 0 Å². The molecule has 23 heavy (non-hydrogen) atoms. The van der Waals surface area contributed by atoms with E-state index in [9.17, 15) is 9.59 Å². The summed E-state index contributed by atoms with van der Waals surface area (Å²) in [6, 6.07) is 3.84. The van der Waals surface area contributed by atoms with E-state index in [1.807, 2.05) is 19.1 Å². The summed E-state index contributed by atoms with van der Waals surface area (Å²) in [5, 5.41) is 3.47. The molecule has 1 fully saturated rings. The highest BCUT2D eigenvalue weighted by Gasteiger charge is 2.22. The van der Waals surface area contributed by atoms with Gasteiger partial charge in [0.2, 0.25) is 5.91 Å². The Hall–Kier alpha value is -1.36. The first kappa shape index (κ1) is 18.0. The maximum Gasteiger partial charge on any atom is 0.221 e. The zero-order chi connectivity index (χ0) is 16.7. The van der Waals surface area contributed by atoms with Gasteiger partial charge in [-0.05, 0) is 44.2 Å². The summed E-state index contributed by atoms with van der Waals surface area (Å²) in [6.07, 6.45) is 8.21. The highest BCUT2D eigenvalue weighted by atomic mass is 32.2. The van der Waals surface area contributed by atoms with Gasteiger partial charge in [0.25, 0.3) is 0 Å². The Morgan fingerprint density at radius 3 is 2.74 bits per heavy atom. The minimum atomic E-state index is -0.366. The second kappa shape index (κ2) is 9.06. The predicted octanol–water partition coefficient (Wildman–Crippen LogP) is 3.53. The number of thioether (sulfide) groups is 1. The third-order valence-corrected chi connectivity index (χ3v) is 5.79. The lowest BCUT2D eigenvalue weighted by Crippen LogP contribution is -2.33. The molecule has 126 valence electrons. The number of ketones is 1. The molecule has 0 radical (unpaired) electrons. The molecule has 1 aliphatic carbocycles. The maximum atomic E-state index is 12.2. The maximum absolute atomic E-state index is 12.2. The van der Waals surface area contributed by atoms with Gasteiger partial charge in [0, 0.05) is 19.2 Å². The van der Waals surface area contributed by atoms with E-state index in [-0.39, 0.29) is 23.4 Å². The van der Waals surface area contributed by atoms with Crippen LogP contribution in [0.4, 0.5) is 0 Å². The second-order valence-corrected chi connectivity index (χ2v) is 7.55. The lowest BCUT2D eigenvalue weighted by Gasteiger charge is -2.22. The third-order valence-electron chi connectivity index (χ3n) is 4.35. The SMILES string of the molecule is CC(=O)C(CC(=O)NCC1CCCCC1)Sc1ncccc1C. The van der Waals surface area contributed by atoms with Crippen LogP contribution in [-0.2, 0) is 9.59 Å². The fraction of sp³-hybridized carbons (Fsp3) is 0.611. The van der Waals surface area contributed by atoms with Crippen LogP contribution in [0.2, 0.25) is 0 Å². The van der Waals surface area contributed by atoms with Crippen LogP contribution in [0, 0.1) is 12.8 Å². The van der Waals surface area contributed by atoms with Crippen molar-refractivity contribution < 1.29 is 9.59 Å². The van der Waals surface area contributed by atoms with E-state index < -0.39 is 0 Å². The molecule has 4 nitrogen and oxygen atoms in total. The molecule has 1 unspecified atom stereocenters. The number of carbonyl (C=O) groups is 2. The molecule has 1 aliphatic rings. The van der Waals surface area contributed by atoms with Crippen LogP contribution < -0.4 is 5.32 Å². The van der Waals surface area contributed by atoms with Crippen LogP contribution in [0.25, 0.3) is 0 Å². The second-order valence-electron chi connectivity index (χ2n) is 6.35. The van der Waals surface area contributed by atoms with Gasteiger partial charge in [-0.3, -0.25) is 9.59 Å². The van der Waals surface area contributed by atoms with Crippen LogP contribution in [0.5, 0.6) is 0 Å². The lowest BCUT2D eigenvalue weighted by atomic mass is 9.89. The number of nitrogens with one attached hydrogen (secondary N) is 1. The van der Waals surface area contributed by atoms with Crippen molar-refractivity contribution in [2.24, 2.45) is 5.92 Å². The standard InChI is InChI=1S/C18H26N2O2S/c1-13-7-6-10-19-18(13)23-16(14(2)21)11-17(22)20-12-15-8-4-3-5-9-15/h6-7,10,15-16H,3-5,8-9,11-12H2,1-2H3,(H,20,22). The highest BCUT2D eigenvalue weighted by molar-refractivity contribution is 8.00. The first-order chi connectivity index (χ1) is 11.1. The van der Waals surface area contributed by atoms with E-state index in [2.05, 4.69) is 10.3 Å². The van der Waals surface area contributed by atoms with Crippen LogP contribution in [0.3, 0.4) is 0 Å². The zero-order valence-corrected chi connectivity index (χ0v) is 14.8. The number of carbonyl (C=O) groups excluding carboxylic acids is 2. The van der Waals surface area contributed by atoms with Crippen LogP contribution in [0.1, 0.15) is 51.0 Å². The third kappa shape index (κ3) is 5.98. The number of pyridine rings is 1. The van der Waals surface area contributed by atoms with Crippen LogP contribution in [-0.4, -0.2) is 28.5 Å². The fourth-order valence-electron chi connectivity index (χ4n) is 2.89. The summed E-state index contributed by atoms with van der Waals surface area (Å²) in [4.78, 5) is 28.4. The summed E-state index contributed by atoms with van der Waals surface area (Å²) in [6.45, 7) is 4.26. The number of amides is 1. The Morgan fingerprint density at radius 1 is 1.35 bits per heavy atom. The molecule has 0 aromatic carbocycles. The number of rotatable bonds is 7. The Morgan fingerprint density at radius 2 is 2.09 bits per heavy atom. The summed E-state index contributed by atoms with van der Waals surface area (Å²) < 4.78 is 0. The van der Waals surface area contributed by atoms with Gasteiger partial charge < -0.3 is 5.32 Å². The van der Waals surface area contributed by atoms with Crippen molar-refractivity contribution >= 4 is 23.5 Å². The zero-order valence-electron chi connectivity index (χ0n) is 14.0. The molecule has 1 saturated carbocycles. The molecular weight excluding hydrogens is 308 g/mol. The molecule has 1 amide bonds. The quantitative estimate of drug-likeness (QED) is 0.775. The summed E-state index contributed by atoms with van der Waals surface area (Å²) in [5.74, 6) is 0.596. The van der Waals surface area contributed by atoms with E-state index in [1.165, 1.54) is 43.9 Å². The summed E-state index contributed by atoms with van der Waals surface area (Å²) >= 11 is 1.39. The molecule has 1 aromatic heterocycles. The van der Waals surface area contributed by atoms with Crippen LogP contribution >= 0.6 is 11.8 Å². The van der Waals surface area contributed by atoms with E-state index in [4.69, 9.17) is 0 Å². The minimum absolute atomic E-state index is 0.0212. The molecule has 0 saturated heterocycles. The molecule has 0 bridgehead atoms. The van der Waals surface area contributed by atoms with Crippen molar-refractivity contribution in [3.8, 4) is 0 Å². The Balaban J connectivity index is 1.84. The molecule has 1 atom stereocenters. The summed E-state index contributed by atoms with van der Waals surface area (Å²) in [7, 11) is 0. The van der Waals surface area contributed by atoms with E-state index in [0.717, 1.165) is 17.1 Å². The van der Waals surface area contributed by atoms with Gasteiger partial charge >= 0.3 is 0 Å². The van der Waals surface area contributed by atoms with Crippen molar-refractivity contribution in [1.82, 2.24) is 10.3 Å². The fourth-order valence-corrected chi connectivity index (χ4v) is 3.93. The number of Topliss-reactive ketones (excluding diaryl/α,β-unsaturated/α-hetero) is 1. The minimum Gasteiger partial charge on any atom is -0.356 e. The molecule has 0 spiro atoms. The predicted molar refractivity (Wildman–Crippen MR) is 93.5 cm³/mol. The molecule has 1 aromatic rings. The first-order valence-electron chi connectivity index (χ1n) is 8.41. The molecule has 1 N–H and O–H groups in total. The van der Waals surface area contributed by atoms with Gasteiger partial charge in [0.15, 0.2) is 0 Å². The van der Waals surface area contributed by atoms with Crippen LogP contribution in [0.15, 0.2) is 23.4 Å². The van der Waals surface area contributed by atoms with Gasteiger partial charge in [-0.1, -0.05) is 37.1 Å². The Labute approximate surface area is 142 Å². The number of aromatic nitrogens is 1. The smallest absolute Gasteiger partial charge is 0.221 e. The molecular formula is C18H26N2O2S. The molecule has 2 rings (SSSR count). The molecule has 0 aliphatic heterocycles. The molecule has 5 heteroatoms. The highest BCUT2D eigenvalue weighted by Crippen LogP contribution is 2.27. The monoisotopic (exact) mass is 334 g/mol. The molecule has 1 heterocycles. The van der Waals surface area contributed by atoms with Gasteiger partial charge in [-0.2, -0.15) is 0 Å². The normalized spacial score (nSPS) is 16.8. The average Bonchev–Trinajstić information content (AvgIpc) is 2.55. The van der Waals surface area contributed by atoms with Crippen molar-refractivity contribution in [3.63, 3.8) is 0 Å². The van der Waals surface area contributed by atoms with Gasteiger partial charge in [0.1, 0.15) is 5.78 Å². The Bertz CT molecular complexity index is 542.